The van der Waals surface area contributed by atoms with Crippen LogP contribution in [0, 0.1) is 5.92 Å². The van der Waals surface area contributed by atoms with Crippen LogP contribution in [-0.4, -0.2) is 43.1 Å². The highest BCUT2D eigenvalue weighted by molar-refractivity contribution is 7.87. The maximum absolute atomic E-state index is 12.0. The predicted molar refractivity (Wildman–Crippen MR) is 72.4 cm³/mol. The van der Waals surface area contributed by atoms with E-state index in [0.717, 1.165) is 25.7 Å². The molecule has 1 aliphatic rings. The summed E-state index contributed by atoms with van der Waals surface area (Å²) in [5.41, 5.74) is -1.00. The van der Waals surface area contributed by atoms with Crippen LogP contribution >= 0.6 is 0 Å². The lowest BCUT2D eigenvalue weighted by Gasteiger charge is -2.32. The molecule has 1 rings (SSSR count). The fourth-order valence-corrected chi connectivity index (χ4v) is 3.44. The molecule has 1 aliphatic heterocycles. The third-order valence-corrected chi connectivity index (χ3v) is 5.50. The second-order valence-electron chi connectivity index (χ2n) is 5.45. The van der Waals surface area contributed by atoms with E-state index in [0.29, 0.717) is 13.1 Å². The van der Waals surface area contributed by atoms with Gasteiger partial charge in [-0.15, -0.1) is 0 Å². The van der Waals surface area contributed by atoms with E-state index in [-0.39, 0.29) is 12.5 Å². The van der Waals surface area contributed by atoms with Crippen LogP contribution in [0.4, 0.5) is 0 Å². The monoisotopic (exact) mass is 278 g/mol. The minimum atomic E-state index is -3.43. The van der Waals surface area contributed by atoms with Gasteiger partial charge in [-0.1, -0.05) is 26.7 Å². The van der Waals surface area contributed by atoms with Crippen molar-refractivity contribution in [1.82, 2.24) is 9.03 Å². The molecule has 2 unspecified atom stereocenters. The molecule has 2 N–H and O–H groups in total. The molecule has 0 aromatic carbocycles. The number of nitrogens with one attached hydrogen (secondary N) is 1. The summed E-state index contributed by atoms with van der Waals surface area (Å²) in [7, 11) is -3.43. The Balaban J connectivity index is 2.55. The van der Waals surface area contributed by atoms with Crippen LogP contribution in [0.5, 0.6) is 0 Å². The van der Waals surface area contributed by atoms with E-state index in [1.54, 1.807) is 6.92 Å². The van der Waals surface area contributed by atoms with Crippen LogP contribution < -0.4 is 4.72 Å². The first-order valence-electron chi connectivity index (χ1n) is 6.76. The molecule has 6 heteroatoms. The Morgan fingerprint density at radius 3 is 2.39 bits per heavy atom. The number of aliphatic hydroxyl groups is 1. The van der Waals surface area contributed by atoms with E-state index in [2.05, 4.69) is 4.72 Å². The molecule has 0 aromatic rings. The molecule has 0 radical (unpaired) electrons. The summed E-state index contributed by atoms with van der Waals surface area (Å²) in [4.78, 5) is 0. The largest absolute Gasteiger partial charge is 0.389 e. The van der Waals surface area contributed by atoms with Crippen molar-refractivity contribution in [3.63, 3.8) is 0 Å². The molecule has 5 nitrogen and oxygen atoms in total. The average molecular weight is 278 g/mol. The summed E-state index contributed by atoms with van der Waals surface area (Å²) >= 11 is 0. The molecule has 2 atom stereocenters. The zero-order valence-electron chi connectivity index (χ0n) is 11.6. The van der Waals surface area contributed by atoms with Gasteiger partial charge in [0.2, 0.25) is 0 Å². The third kappa shape index (κ3) is 4.19. The molecule has 0 amide bonds. The zero-order chi connectivity index (χ0) is 13.8. The smallest absolute Gasteiger partial charge is 0.279 e. The minimum Gasteiger partial charge on any atom is -0.389 e. The Hall–Kier alpha value is -0.170. The van der Waals surface area contributed by atoms with E-state index in [1.807, 2.05) is 13.8 Å². The Morgan fingerprint density at radius 2 is 1.89 bits per heavy atom. The normalized spacial score (nSPS) is 23.6. The van der Waals surface area contributed by atoms with Gasteiger partial charge in [-0.3, -0.25) is 0 Å². The Labute approximate surface area is 111 Å². The second kappa shape index (κ2) is 6.32. The fraction of sp³-hybridized carbons (Fsp3) is 1.00. The molecule has 0 spiro atoms. The molecule has 0 bridgehead atoms. The van der Waals surface area contributed by atoms with Crippen molar-refractivity contribution >= 4 is 10.2 Å². The van der Waals surface area contributed by atoms with Gasteiger partial charge in [0.15, 0.2) is 0 Å². The van der Waals surface area contributed by atoms with Gasteiger partial charge in [-0.25, -0.2) is 0 Å². The molecule has 18 heavy (non-hydrogen) atoms. The summed E-state index contributed by atoms with van der Waals surface area (Å²) < 4.78 is 28.1. The average Bonchev–Trinajstić information content (AvgIpc) is 2.36. The van der Waals surface area contributed by atoms with Crippen molar-refractivity contribution in [3.8, 4) is 0 Å². The summed E-state index contributed by atoms with van der Waals surface area (Å²) in [6.45, 7) is 6.83. The fourth-order valence-electron chi connectivity index (χ4n) is 2.05. The molecule has 0 aromatic heterocycles. The van der Waals surface area contributed by atoms with Crippen LogP contribution in [0.1, 0.15) is 46.5 Å². The summed E-state index contributed by atoms with van der Waals surface area (Å²) in [5, 5.41) is 10.2. The van der Waals surface area contributed by atoms with Gasteiger partial charge in [0.1, 0.15) is 0 Å². The maximum Gasteiger partial charge on any atom is 0.279 e. The topological polar surface area (TPSA) is 69.6 Å². The maximum atomic E-state index is 12.0. The summed E-state index contributed by atoms with van der Waals surface area (Å²) in [6.07, 6.45) is 3.75. The lowest BCUT2D eigenvalue weighted by atomic mass is 9.89. The van der Waals surface area contributed by atoms with Crippen LogP contribution in [0.15, 0.2) is 0 Å². The van der Waals surface area contributed by atoms with Crippen molar-refractivity contribution in [2.24, 2.45) is 5.92 Å². The molecule has 0 saturated carbocycles. The second-order valence-corrected chi connectivity index (χ2v) is 7.21. The first-order valence-corrected chi connectivity index (χ1v) is 8.20. The van der Waals surface area contributed by atoms with Gasteiger partial charge in [0.05, 0.1) is 5.60 Å². The lowest BCUT2D eigenvalue weighted by molar-refractivity contribution is 0.00984. The van der Waals surface area contributed by atoms with Gasteiger partial charge in [-0.05, 0) is 25.7 Å². The third-order valence-electron chi connectivity index (χ3n) is 3.94. The highest BCUT2D eigenvalue weighted by Crippen LogP contribution is 2.20. The predicted octanol–water partition coefficient (Wildman–Crippen LogP) is 1.10. The number of nitrogens with zero attached hydrogens (tertiary/aromatic N) is 1. The van der Waals surface area contributed by atoms with E-state index < -0.39 is 15.8 Å². The van der Waals surface area contributed by atoms with Gasteiger partial charge in [0, 0.05) is 19.6 Å². The van der Waals surface area contributed by atoms with E-state index >= 15 is 0 Å². The highest BCUT2D eigenvalue weighted by Gasteiger charge is 2.31. The van der Waals surface area contributed by atoms with E-state index in [9.17, 15) is 13.5 Å². The highest BCUT2D eigenvalue weighted by atomic mass is 32.2. The van der Waals surface area contributed by atoms with Gasteiger partial charge >= 0.3 is 0 Å². The molecule has 1 fully saturated rings. The van der Waals surface area contributed by atoms with Gasteiger partial charge < -0.3 is 5.11 Å². The lowest BCUT2D eigenvalue weighted by Crippen LogP contribution is -2.50. The summed E-state index contributed by atoms with van der Waals surface area (Å²) in [5.74, 6) is 0.0570. The molecule has 1 saturated heterocycles. The standard InChI is InChI=1S/C12H26N2O3S/c1-4-11(2)12(3,15)10-13-18(16,17)14-8-6-5-7-9-14/h11,13,15H,4-10H2,1-3H3. The van der Waals surface area contributed by atoms with Crippen LogP contribution in [0.3, 0.4) is 0 Å². The van der Waals surface area contributed by atoms with Crippen molar-refractivity contribution in [1.29, 1.82) is 0 Å². The molecule has 1 heterocycles. The number of rotatable bonds is 6. The van der Waals surface area contributed by atoms with Crippen molar-refractivity contribution < 1.29 is 13.5 Å². The Bertz CT molecular complexity index is 348. The Morgan fingerprint density at radius 1 is 1.33 bits per heavy atom. The number of piperidine rings is 1. The number of hydrogen-bond acceptors (Lipinski definition) is 3. The van der Waals surface area contributed by atoms with Crippen LogP contribution in [0.2, 0.25) is 0 Å². The minimum absolute atomic E-state index is 0.0570. The molecular weight excluding hydrogens is 252 g/mol. The summed E-state index contributed by atoms with van der Waals surface area (Å²) in [6, 6.07) is 0. The molecular formula is C12H26N2O3S. The number of hydrogen-bond donors (Lipinski definition) is 2. The van der Waals surface area contributed by atoms with Crippen molar-refractivity contribution in [2.75, 3.05) is 19.6 Å². The zero-order valence-corrected chi connectivity index (χ0v) is 12.5. The van der Waals surface area contributed by atoms with Gasteiger partial charge in [0.25, 0.3) is 10.2 Å². The van der Waals surface area contributed by atoms with Gasteiger partial charge in [-0.2, -0.15) is 17.4 Å². The SMILES string of the molecule is CCC(C)C(C)(O)CNS(=O)(=O)N1CCCCC1. The quantitative estimate of drug-likeness (QED) is 0.764. The van der Waals surface area contributed by atoms with Crippen LogP contribution in [-0.2, 0) is 10.2 Å². The van der Waals surface area contributed by atoms with Crippen molar-refractivity contribution in [2.45, 2.75) is 52.1 Å². The van der Waals surface area contributed by atoms with E-state index in [1.165, 1.54) is 4.31 Å². The first kappa shape index (κ1) is 15.9. The molecule has 0 aliphatic carbocycles. The van der Waals surface area contributed by atoms with E-state index in [4.69, 9.17) is 0 Å². The molecule has 108 valence electrons. The van der Waals surface area contributed by atoms with Crippen LogP contribution in [0.25, 0.3) is 0 Å². The first-order chi connectivity index (χ1) is 8.29. The van der Waals surface area contributed by atoms with Crippen molar-refractivity contribution in [3.05, 3.63) is 0 Å². The Kier molecular flexibility index (Phi) is 5.58.